The molecule has 0 amide bonds. The van der Waals surface area contributed by atoms with Gasteiger partial charge in [-0.1, -0.05) is 42.0 Å². The molecule has 0 bridgehead atoms. The smallest absolute Gasteiger partial charge is 0.417 e. The van der Waals surface area contributed by atoms with Crippen molar-refractivity contribution in [1.82, 2.24) is 4.98 Å². The van der Waals surface area contributed by atoms with E-state index >= 15 is 0 Å². The SMILES string of the molecule is O=C(O)CCC1CN(S(=O)(=O)c2cc(C(F)(F)F)cnc2OCCO)c2cc(C=Cc3c(Cl)cccc3C(F)F)ccc2O1. The number of pyridine rings is 1. The fourth-order valence-corrected chi connectivity index (χ4v) is 6.19. The largest absolute Gasteiger partial charge is 0.486 e. The third-order valence-corrected chi connectivity index (χ3v) is 8.51. The summed E-state index contributed by atoms with van der Waals surface area (Å²) in [6, 6.07) is 8.47. The summed E-state index contributed by atoms with van der Waals surface area (Å²) in [5.41, 5.74) is -1.53. The highest BCUT2D eigenvalue weighted by molar-refractivity contribution is 7.93. The monoisotopic (exact) mass is 662 g/mol. The fourth-order valence-electron chi connectivity index (χ4n) is 4.34. The van der Waals surface area contributed by atoms with Crippen LogP contribution in [0.4, 0.5) is 27.6 Å². The highest BCUT2D eigenvalue weighted by Crippen LogP contribution is 2.41. The third kappa shape index (κ3) is 7.39. The molecule has 1 atom stereocenters. The first-order chi connectivity index (χ1) is 20.7. The molecule has 2 heterocycles. The molecule has 0 fully saturated rings. The summed E-state index contributed by atoms with van der Waals surface area (Å²) in [5, 5.41) is 18.3. The molecule has 9 nitrogen and oxygen atoms in total. The van der Waals surface area contributed by atoms with Crippen LogP contribution in [-0.2, 0) is 21.0 Å². The van der Waals surface area contributed by atoms with Crippen molar-refractivity contribution < 1.29 is 54.9 Å². The van der Waals surface area contributed by atoms with Crippen molar-refractivity contribution in [3.8, 4) is 11.6 Å². The molecule has 2 N–H and O–H groups in total. The molecule has 16 heteroatoms. The first-order valence-electron chi connectivity index (χ1n) is 12.8. The van der Waals surface area contributed by atoms with Crippen LogP contribution in [0.5, 0.6) is 11.6 Å². The van der Waals surface area contributed by atoms with Gasteiger partial charge in [0.2, 0.25) is 5.88 Å². The third-order valence-electron chi connectivity index (χ3n) is 6.40. The van der Waals surface area contributed by atoms with Gasteiger partial charge in [0.25, 0.3) is 16.4 Å². The number of benzene rings is 2. The predicted octanol–water partition coefficient (Wildman–Crippen LogP) is 6.05. The average Bonchev–Trinajstić information content (AvgIpc) is 2.97. The molecule has 1 aromatic heterocycles. The van der Waals surface area contributed by atoms with Crippen LogP contribution in [0.25, 0.3) is 12.2 Å². The molecule has 0 saturated carbocycles. The van der Waals surface area contributed by atoms with Crippen LogP contribution in [-0.4, -0.2) is 55.4 Å². The van der Waals surface area contributed by atoms with E-state index < -0.39 is 77.2 Å². The van der Waals surface area contributed by atoms with Crippen molar-refractivity contribution in [2.45, 2.75) is 36.4 Å². The van der Waals surface area contributed by atoms with Gasteiger partial charge in [-0.2, -0.15) is 13.2 Å². The summed E-state index contributed by atoms with van der Waals surface area (Å²) in [4.78, 5) is 13.8. The number of carbonyl (C=O) groups is 1. The van der Waals surface area contributed by atoms with Gasteiger partial charge in [-0.3, -0.25) is 9.10 Å². The zero-order chi connectivity index (χ0) is 32.2. The molecule has 0 aliphatic carbocycles. The van der Waals surface area contributed by atoms with Crippen molar-refractivity contribution in [2.75, 3.05) is 24.1 Å². The summed E-state index contributed by atoms with van der Waals surface area (Å²) in [7, 11) is -4.91. The van der Waals surface area contributed by atoms with Crippen LogP contribution in [0, 0.1) is 0 Å². The van der Waals surface area contributed by atoms with Gasteiger partial charge < -0.3 is 19.7 Å². The minimum atomic E-state index is -4.96. The summed E-state index contributed by atoms with van der Waals surface area (Å²) in [5.74, 6) is -1.91. The second kappa shape index (κ2) is 13.4. The molecule has 1 aliphatic rings. The van der Waals surface area contributed by atoms with E-state index in [-0.39, 0.29) is 39.6 Å². The minimum Gasteiger partial charge on any atom is -0.486 e. The zero-order valence-electron chi connectivity index (χ0n) is 22.5. The van der Waals surface area contributed by atoms with E-state index in [9.17, 15) is 35.2 Å². The molecule has 3 aromatic rings. The van der Waals surface area contributed by atoms with Crippen molar-refractivity contribution in [3.63, 3.8) is 0 Å². The van der Waals surface area contributed by atoms with Gasteiger partial charge in [0.1, 0.15) is 18.5 Å². The Bertz CT molecular complexity index is 1670. The number of sulfonamides is 1. The number of aromatic nitrogens is 1. The number of halogens is 6. The lowest BCUT2D eigenvalue weighted by Crippen LogP contribution is -2.44. The predicted molar refractivity (Wildman–Crippen MR) is 149 cm³/mol. The quantitative estimate of drug-likeness (QED) is 0.188. The minimum absolute atomic E-state index is 0.0251. The van der Waals surface area contributed by atoms with Crippen molar-refractivity contribution in [1.29, 1.82) is 0 Å². The summed E-state index contributed by atoms with van der Waals surface area (Å²) >= 11 is 6.12. The number of nitrogens with zero attached hydrogens (tertiary/aromatic N) is 2. The van der Waals surface area contributed by atoms with E-state index in [0.29, 0.717) is 12.3 Å². The maximum absolute atomic E-state index is 14.0. The first kappa shape index (κ1) is 33.0. The van der Waals surface area contributed by atoms with Gasteiger partial charge in [-0.15, -0.1) is 0 Å². The number of carboxylic acids is 1. The number of carboxylic acid groups (broad SMARTS) is 1. The van der Waals surface area contributed by atoms with E-state index in [2.05, 4.69) is 4.98 Å². The molecular weight excluding hydrogens is 639 g/mol. The molecule has 236 valence electrons. The molecule has 1 unspecified atom stereocenters. The fraction of sp³-hybridized carbons (Fsp3) is 0.286. The number of anilines is 1. The highest BCUT2D eigenvalue weighted by Gasteiger charge is 2.39. The number of aliphatic hydroxyl groups excluding tert-OH is 1. The Kier molecular flexibility index (Phi) is 10.0. The Morgan fingerprint density at radius 1 is 1.20 bits per heavy atom. The van der Waals surface area contributed by atoms with Crippen LogP contribution >= 0.6 is 11.6 Å². The first-order valence-corrected chi connectivity index (χ1v) is 14.6. The Labute approximate surface area is 253 Å². The van der Waals surface area contributed by atoms with Gasteiger partial charge >= 0.3 is 12.1 Å². The zero-order valence-corrected chi connectivity index (χ0v) is 24.0. The van der Waals surface area contributed by atoms with Crippen molar-refractivity contribution in [3.05, 3.63) is 75.9 Å². The molecule has 0 saturated heterocycles. The molecular formula is C28H24ClF5N2O7S. The Morgan fingerprint density at radius 3 is 2.61 bits per heavy atom. The molecule has 0 spiro atoms. The number of hydrogen-bond donors (Lipinski definition) is 2. The van der Waals surface area contributed by atoms with Crippen LogP contribution < -0.4 is 13.8 Å². The van der Waals surface area contributed by atoms with E-state index in [1.807, 2.05) is 0 Å². The van der Waals surface area contributed by atoms with Gasteiger partial charge in [-0.05, 0) is 36.2 Å². The molecule has 4 rings (SSSR count). The van der Waals surface area contributed by atoms with Gasteiger partial charge in [0, 0.05) is 28.8 Å². The molecule has 1 aliphatic heterocycles. The normalized spacial score (nSPS) is 15.4. The standard InChI is InChI=1S/C28H24ClF5N2O7S/c29-21-3-1-2-20(26(30)31)19(21)7-4-16-5-8-23-22(12-16)36(15-18(43-23)6-9-25(38)39)44(40,41)24-13-17(28(32,33)34)14-35-27(24)42-11-10-37/h1-5,7-8,12-14,18,26,37H,6,9-11,15H2,(H,38,39). The van der Waals surface area contributed by atoms with Crippen molar-refractivity contribution >= 4 is 45.4 Å². The number of ether oxygens (including phenoxy) is 2. The second-order valence-electron chi connectivity index (χ2n) is 9.41. The Balaban J connectivity index is 1.83. The van der Waals surface area contributed by atoms with Crippen molar-refractivity contribution in [2.24, 2.45) is 0 Å². The van der Waals surface area contributed by atoms with E-state index in [1.165, 1.54) is 48.6 Å². The maximum atomic E-state index is 14.0. The van der Waals surface area contributed by atoms with E-state index in [4.69, 9.17) is 31.3 Å². The molecule has 2 aromatic carbocycles. The topological polar surface area (TPSA) is 126 Å². The van der Waals surface area contributed by atoms with Gasteiger partial charge in [-0.25, -0.2) is 22.2 Å². The maximum Gasteiger partial charge on any atom is 0.417 e. The second-order valence-corrected chi connectivity index (χ2v) is 11.6. The van der Waals surface area contributed by atoms with E-state index in [0.717, 1.165) is 4.31 Å². The number of rotatable bonds is 11. The number of aliphatic hydroxyl groups is 1. The van der Waals surface area contributed by atoms with Gasteiger partial charge in [0.05, 0.1) is 24.4 Å². The number of alkyl halides is 5. The lowest BCUT2D eigenvalue weighted by molar-refractivity contribution is -0.138. The summed E-state index contributed by atoms with van der Waals surface area (Å²) < 4.78 is 108. The number of hydrogen-bond acceptors (Lipinski definition) is 7. The van der Waals surface area contributed by atoms with Crippen LogP contribution in [0.15, 0.2) is 53.6 Å². The van der Waals surface area contributed by atoms with Crippen LogP contribution in [0.3, 0.4) is 0 Å². The average molecular weight is 663 g/mol. The van der Waals surface area contributed by atoms with Gasteiger partial charge in [0.15, 0.2) is 4.90 Å². The highest BCUT2D eigenvalue weighted by atomic mass is 35.5. The number of fused-ring (bicyclic) bond motifs is 1. The Morgan fingerprint density at radius 2 is 1.95 bits per heavy atom. The van der Waals surface area contributed by atoms with E-state index in [1.54, 1.807) is 0 Å². The lowest BCUT2D eigenvalue weighted by Gasteiger charge is -2.35. The molecule has 44 heavy (non-hydrogen) atoms. The molecule has 0 radical (unpaired) electrons. The Hall–Kier alpha value is -3.95. The number of aliphatic carboxylic acids is 1. The summed E-state index contributed by atoms with van der Waals surface area (Å²) in [6.07, 6.45) is -6.26. The van der Waals surface area contributed by atoms with Crippen LogP contribution in [0.2, 0.25) is 5.02 Å². The summed E-state index contributed by atoms with van der Waals surface area (Å²) in [6.45, 7) is -1.56. The lowest BCUT2D eigenvalue weighted by atomic mass is 10.0. The van der Waals surface area contributed by atoms with Crippen LogP contribution in [0.1, 0.15) is 41.5 Å².